The third-order valence-electron chi connectivity index (χ3n) is 2.96. The molecular formula is C14H22F3N3S. The molecule has 0 saturated carbocycles. The lowest BCUT2D eigenvalue weighted by atomic mass is 10.2. The summed E-state index contributed by atoms with van der Waals surface area (Å²) < 4.78 is 38.7. The highest BCUT2D eigenvalue weighted by Crippen LogP contribution is 2.32. The summed E-state index contributed by atoms with van der Waals surface area (Å²) in [6, 6.07) is 2.09. The van der Waals surface area contributed by atoms with E-state index < -0.39 is 11.7 Å². The van der Waals surface area contributed by atoms with E-state index in [2.05, 4.69) is 15.6 Å². The average molecular weight is 321 g/mol. The number of pyridine rings is 1. The number of thioether (sulfide) groups is 1. The summed E-state index contributed by atoms with van der Waals surface area (Å²) in [5, 5.41) is 5.90. The molecule has 0 radical (unpaired) electrons. The van der Waals surface area contributed by atoms with Crippen LogP contribution in [0.5, 0.6) is 0 Å². The van der Waals surface area contributed by atoms with Crippen molar-refractivity contribution in [2.75, 3.05) is 30.0 Å². The predicted molar refractivity (Wildman–Crippen MR) is 84.1 cm³/mol. The lowest BCUT2D eigenvalue weighted by Gasteiger charge is -2.23. The van der Waals surface area contributed by atoms with Crippen molar-refractivity contribution < 1.29 is 13.2 Å². The Morgan fingerprint density at radius 3 is 2.19 bits per heavy atom. The molecule has 1 aromatic heterocycles. The van der Waals surface area contributed by atoms with Gasteiger partial charge in [-0.1, -0.05) is 6.92 Å². The maximum atomic E-state index is 12.9. The largest absolute Gasteiger partial charge is 0.416 e. The van der Waals surface area contributed by atoms with Crippen LogP contribution in [0, 0.1) is 0 Å². The molecule has 0 spiro atoms. The van der Waals surface area contributed by atoms with E-state index in [4.69, 9.17) is 0 Å². The summed E-state index contributed by atoms with van der Waals surface area (Å²) in [5.74, 6) is 0.488. The standard InChI is InChI=1S/C14H22F3N3S/c1-5-6-18-11-7-10(14(15,16)17)8-12(20-11)19-9-13(2,3)21-4/h7-8H,5-6,9H2,1-4H3,(H2,18,19,20). The summed E-state index contributed by atoms with van der Waals surface area (Å²) in [4.78, 5) is 4.19. The van der Waals surface area contributed by atoms with Crippen LogP contribution in [0.3, 0.4) is 0 Å². The van der Waals surface area contributed by atoms with E-state index in [1.54, 1.807) is 11.8 Å². The second-order valence-corrected chi connectivity index (χ2v) is 6.88. The molecule has 1 aromatic rings. The van der Waals surface area contributed by atoms with Gasteiger partial charge in [0.1, 0.15) is 11.6 Å². The maximum Gasteiger partial charge on any atom is 0.416 e. The molecule has 0 fully saturated rings. The van der Waals surface area contributed by atoms with Crippen LogP contribution in [0.15, 0.2) is 12.1 Å². The van der Waals surface area contributed by atoms with Gasteiger partial charge in [0, 0.05) is 17.8 Å². The van der Waals surface area contributed by atoms with Crippen molar-refractivity contribution in [1.29, 1.82) is 0 Å². The Bertz CT molecular complexity index is 461. The monoisotopic (exact) mass is 321 g/mol. The Morgan fingerprint density at radius 2 is 1.71 bits per heavy atom. The Morgan fingerprint density at radius 1 is 1.14 bits per heavy atom. The topological polar surface area (TPSA) is 37.0 Å². The Kier molecular flexibility index (Phi) is 6.19. The molecule has 0 saturated heterocycles. The van der Waals surface area contributed by atoms with Crippen LogP contribution in [0.1, 0.15) is 32.8 Å². The second kappa shape index (κ2) is 7.24. The van der Waals surface area contributed by atoms with E-state index in [0.717, 1.165) is 18.6 Å². The minimum atomic E-state index is -4.38. The van der Waals surface area contributed by atoms with Crippen molar-refractivity contribution >= 4 is 23.4 Å². The highest BCUT2D eigenvalue weighted by atomic mass is 32.2. The molecule has 0 aliphatic heterocycles. The fourth-order valence-electron chi connectivity index (χ4n) is 1.50. The highest BCUT2D eigenvalue weighted by Gasteiger charge is 2.31. The molecule has 0 unspecified atom stereocenters. The molecule has 1 heterocycles. The summed E-state index contributed by atoms with van der Waals surface area (Å²) >= 11 is 1.65. The van der Waals surface area contributed by atoms with E-state index in [9.17, 15) is 13.2 Å². The number of rotatable bonds is 7. The Labute approximate surface area is 128 Å². The minimum absolute atomic E-state index is 0.0765. The molecular weight excluding hydrogens is 299 g/mol. The first-order chi connectivity index (χ1) is 9.68. The average Bonchev–Trinajstić information content (AvgIpc) is 2.42. The van der Waals surface area contributed by atoms with Gasteiger partial charge in [0.25, 0.3) is 0 Å². The van der Waals surface area contributed by atoms with Gasteiger partial charge in [0.2, 0.25) is 0 Å². The zero-order valence-corrected chi connectivity index (χ0v) is 13.6. The van der Waals surface area contributed by atoms with Crippen LogP contribution in [0.2, 0.25) is 0 Å². The number of anilines is 2. The van der Waals surface area contributed by atoms with E-state index in [-0.39, 0.29) is 16.4 Å². The quantitative estimate of drug-likeness (QED) is 0.776. The van der Waals surface area contributed by atoms with E-state index in [1.807, 2.05) is 27.0 Å². The summed E-state index contributed by atoms with van der Waals surface area (Å²) in [6.45, 7) is 7.11. The fourth-order valence-corrected chi connectivity index (χ4v) is 1.72. The van der Waals surface area contributed by atoms with Gasteiger partial charge in [-0.2, -0.15) is 24.9 Å². The molecule has 0 aliphatic rings. The van der Waals surface area contributed by atoms with Crippen molar-refractivity contribution in [2.24, 2.45) is 0 Å². The van der Waals surface area contributed by atoms with Gasteiger partial charge in [0.15, 0.2) is 0 Å². The van der Waals surface area contributed by atoms with Crippen LogP contribution in [-0.2, 0) is 6.18 Å². The van der Waals surface area contributed by atoms with Crippen molar-refractivity contribution in [2.45, 2.75) is 38.1 Å². The zero-order chi connectivity index (χ0) is 16.1. The molecule has 0 aliphatic carbocycles. The SMILES string of the molecule is CCCNc1cc(C(F)(F)F)cc(NCC(C)(C)SC)n1. The number of halogens is 3. The molecule has 0 amide bonds. The van der Waals surface area contributed by atoms with Crippen molar-refractivity contribution in [1.82, 2.24) is 4.98 Å². The Balaban J connectivity index is 2.96. The summed E-state index contributed by atoms with van der Waals surface area (Å²) in [5.41, 5.74) is -0.694. The molecule has 3 nitrogen and oxygen atoms in total. The van der Waals surface area contributed by atoms with Gasteiger partial charge in [-0.15, -0.1) is 0 Å². The molecule has 2 N–H and O–H groups in total. The van der Waals surface area contributed by atoms with Gasteiger partial charge in [-0.3, -0.25) is 0 Å². The third-order valence-corrected chi connectivity index (χ3v) is 4.21. The van der Waals surface area contributed by atoms with Gasteiger partial charge >= 0.3 is 6.18 Å². The molecule has 7 heteroatoms. The number of aromatic nitrogens is 1. The third kappa shape index (κ3) is 6.03. The Hall–Kier alpha value is -1.11. The van der Waals surface area contributed by atoms with Crippen LogP contribution >= 0.6 is 11.8 Å². The number of hydrogen-bond acceptors (Lipinski definition) is 4. The van der Waals surface area contributed by atoms with Crippen molar-refractivity contribution in [3.63, 3.8) is 0 Å². The number of nitrogens with one attached hydrogen (secondary N) is 2. The zero-order valence-electron chi connectivity index (χ0n) is 12.8. The fraction of sp³-hybridized carbons (Fsp3) is 0.643. The van der Waals surface area contributed by atoms with Crippen LogP contribution in [0.4, 0.5) is 24.8 Å². The van der Waals surface area contributed by atoms with E-state index >= 15 is 0 Å². The van der Waals surface area contributed by atoms with E-state index in [1.165, 1.54) is 0 Å². The van der Waals surface area contributed by atoms with Crippen molar-refractivity contribution in [3.8, 4) is 0 Å². The summed E-state index contributed by atoms with van der Waals surface area (Å²) in [7, 11) is 0. The molecule has 1 rings (SSSR count). The molecule has 21 heavy (non-hydrogen) atoms. The lowest BCUT2D eigenvalue weighted by molar-refractivity contribution is -0.137. The molecule has 0 aromatic carbocycles. The number of hydrogen-bond donors (Lipinski definition) is 2. The van der Waals surface area contributed by atoms with Crippen molar-refractivity contribution in [3.05, 3.63) is 17.7 Å². The van der Waals surface area contributed by atoms with Crippen LogP contribution in [-0.4, -0.2) is 29.1 Å². The molecule has 0 bridgehead atoms. The second-order valence-electron chi connectivity index (χ2n) is 5.37. The predicted octanol–water partition coefficient (Wildman–Crippen LogP) is 4.48. The first-order valence-corrected chi connectivity index (χ1v) is 8.02. The van der Waals surface area contributed by atoms with Gasteiger partial charge in [0.05, 0.1) is 5.56 Å². The maximum absolute atomic E-state index is 12.9. The van der Waals surface area contributed by atoms with Gasteiger partial charge in [-0.25, -0.2) is 4.98 Å². The minimum Gasteiger partial charge on any atom is -0.370 e. The van der Waals surface area contributed by atoms with Gasteiger partial charge < -0.3 is 10.6 Å². The first kappa shape index (κ1) is 17.9. The number of nitrogens with zero attached hydrogens (tertiary/aromatic N) is 1. The number of alkyl halides is 3. The molecule has 120 valence electrons. The molecule has 0 atom stereocenters. The lowest BCUT2D eigenvalue weighted by Crippen LogP contribution is -2.26. The van der Waals surface area contributed by atoms with Gasteiger partial charge in [-0.05, 0) is 38.7 Å². The highest BCUT2D eigenvalue weighted by molar-refractivity contribution is 7.99. The van der Waals surface area contributed by atoms with Crippen LogP contribution < -0.4 is 10.6 Å². The van der Waals surface area contributed by atoms with E-state index in [0.29, 0.717) is 13.1 Å². The summed E-state index contributed by atoms with van der Waals surface area (Å²) in [6.07, 6.45) is -1.59. The van der Waals surface area contributed by atoms with Crippen LogP contribution in [0.25, 0.3) is 0 Å². The smallest absolute Gasteiger partial charge is 0.370 e. The normalized spacial score (nSPS) is 12.3. The first-order valence-electron chi connectivity index (χ1n) is 6.80.